The second-order valence-electron chi connectivity index (χ2n) is 3.25. The molecular weight excluding hydrogens is 253 g/mol. The van der Waals surface area contributed by atoms with Crippen LogP contribution in [0.1, 0.15) is 27.2 Å². The molecule has 4 heteroatoms. The van der Waals surface area contributed by atoms with Gasteiger partial charge in [-0.05, 0) is 0 Å². The van der Waals surface area contributed by atoms with Crippen LogP contribution in [0.3, 0.4) is 0 Å². The molecular formula is C10H19Cl2NTi. The Morgan fingerprint density at radius 2 is 1.64 bits per heavy atom. The first-order valence-corrected chi connectivity index (χ1v) is 4.92. The maximum absolute atomic E-state index is 6.94. The van der Waals surface area contributed by atoms with E-state index >= 15 is 0 Å². The first-order chi connectivity index (χ1) is 5.50. The molecule has 0 amide bonds. The van der Waals surface area contributed by atoms with Gasteiger partial charge in [0.05, 0.1) is 0 Å². The van der Waals surface area contributed by atoms with Gasteiger partial charge in [0, 0.05) is 0 Å². The molecule has 1 rings (SSSR count). The summed E-state index contributed by atoms with van der Waals surface area (Å²) in [7, 11) is 0. The Morgan fingerprint density at radius 1 is 1.29 bits per heavy atom. The van der Waals surface area contributed by atoms with Gasteiger partial charge in [-0.15, -0.1) is 36.8 Å². The molecule has 0 fully saturated rings. The van der Waals surface area contributed by atoms with Crippen LogP contribution in [0.25, 0.3) is 5.73 Å². The topological polar surface area (TPSA) is 23.8 Å². The molecule has 0 aromatic carbocycles. The molecule has 0 heterocycles. The van der Waals surface area contributed by atoms with Crippen LogP contribution >= 0.6 is 24.8 Å². The van der Waals surface area contributed by atoms with E-state index in [1.807, 2.05) is 32.9 Å². The van der Waals surface area contributed by atoms with E-state index in [0.29, 0.717) is 0 Å². The van der Waals surface area contributed by atoms with Crippen LogP contribution in [0.4, 0.5) is 0 Å². The zero-order valence-corrected chi connectivity index (χ0v) is 12.2. The monoisotopic (exact) mass is 271 g/mol. The van der Waals surface area contributed by atoms with Crippen molar-refractivity contribution in [2.75, 3.05) is 0 Å². The molecule has 0 aromatic heterocycles. The Balaban J connectivity index is -0.0000000542. The molecule has 0 aromatic rings. The van der Waals surface area contributed by atoms with Crippen LogP contribution in [0.15, 0.2) is 18.2 Å². The molecule has 1 nitrogen and oxygen atoms in total. The predicted octanol–water partition coefficient (Wildman–Crippen LogP) is 3.95. The summed E-state index contributed by atoms with van der Waals surface area (Å²) >= 11 is 1.75. The molecule has 14 heavy (non-hydrogen) atoms. The van der Waals surface area contributed by atoms with Crippen molar-refractivity contribution in [3.63, 3.8) is 0 Å². The number of halogens is 2. The SMILES string of the molecule is CC(C)(C)[NH-].Cl.Cl.[C-]1=CC=CC1.[CH2]=[Ti+2]. The Bertz CT molecular complexity index is 135. The fourth-order valence-electron chi connectivity index (χ4n) is 0.340. The third-order valence-electron chi connectivity index (χ3n) is 0.586. The second kappa shape index (κ2) is 16.1. The van der Waals surface area contributed by atoms with E-state index in [1.165, 1.54) is 0 Å². The summed E-state index contributed by atoms with van der Waals surface area (Å²) < 4.78 is 0. The average molecular weight is 272 g/mol. The predicted molar refractivity (Wildman–Crippen MR) is 67.3 cm³/mol. The van der Waals surface area contributed by atoms with Gasteiger partial charge < -0.3 is 5.73 Å². The normalized spacial score (nSPS) is 11.0. The summed E-state index contributed by atoms with van der Waals surface area (Å²) in [4.78, 5) is 3.25. The Hall–Kier alpha value is 0.604. The number of hydrogen-bond acceptors (Lipinski definition) is 0. The van der Waals surface area contributed by atoms with Crippen molar-refractivity contribution in [3.05, 3.63) is 30.0 Å². The first kappa shape index (κ1) is 24.0. The number of allylic oxidation sites excluding steroid dienone is 4. The van der Waals surface area contributed by atoms with Crippen LogP contribution in [0, 0.1) is 6.08 Å². The quantitative estimate of drug-likeness (QED) is 0.471. The fourth-order valence-corrected chi connectivity index (χ4v) is 0.340. The van der Waals surface area contributed by atoms with E-state index in [1.54, 1.807) is 20.0 Å². The van der Waals surface area contributed by atoms with Crippen molar-refractivity contribution >= 4 is 29.6 Å². The first-order valence-electron chi connectivity index (χ1n) is 3.82. The molecule has 0 bridgehead atoms. The van der Waals surface area contributed by atoms with E-state index in [-0.39, 0.29) is 30.4 Å². The molecule has 1 aliphatic carbocycles. The van der Waals surface area contributed by atoms with Crippen molar-refractivity contribution < 1.29 is 20.0 Å². The van der Waals surface area contributed by atoms with E-state index < -0.39 is 0 Å². The minimum atomic E-state index is -0.250. The average Bonchev–Trinajstić information content (AvgIpc) is 2.41. The Kier molecular flexibility index (Phi) is 27.6. The van der Waals surface area contributed by atoms with Gasteiger partial charge in [-0.25, -0.2) is 12.2 Å². The van der Waals surface area contributed by atoms with Gasteiger partial charge >= 0.3 is 24.8 Å². The number of nitrogens with one attached hydrogen (secondary N) is 1. The van der Waals surface area contributed by atoms with Crippen LogP contribution in [0.5, 0.6) is 0 Å². The molecule has 0 atom stereocenters. The van der Waals surface area contributed by atoms with Crippen molar-refractivity contribution in [2.24, 2.45) is 0 Å². The van der Waals surface area contributed by atoms with Crippen LogP contribution in [-0.2, 0) is 20.0 Å². The van der Waals surface area contributed by atoms with E-state index in [9.17, 15) is 0 Å². The summed E-state index contributed by atoms with van der Waals surface area (Å²) in [6.07, 6.45) is 10.0. The summed E-state index contributed by atoms with van der Waals surface area (Å²) in [5.41, 5.74) is 6.69. The zero-order chi connectivity index (χ0) is 10.0. The van der Waals surface area contributed by atoms with Crippen molar-refractivity contribution in [2.45, 2.75) is 32.7 Å². The summed E-state index contributed by atoms with van der Waals surface area (Å²) in [6, 6.07) is 0. The molecule has 0 unspecified atom stereocenters. The summed E-state index contributed by atoms with van der Waals surface area (Å²) in [5, 5.41) is 0. The maximum atomic E-state index is 6.94. The summed E-state index contributed by atoms with van der Waals surface area (Å²) in [6.45, 7) is 5.56. The second-order valence-corrected chi connectivity index (χ2v) is 3.25. The standard InChI is InChI=1S/C5H5.C4H10N.CH2.2ClH.Ti/c1-2-4-5-3-1;1-4(2,3)5;;;;/h1-3H,4H2;5H,1-3H3;1H2;2*1H;/q2*-1;;;;+2. The van der Waals surface area contributed by atoms with Gasteiger partial charge in [0.25, 0.3) is 0 Å². The number of rotatable bonds is 0. The van der Waals surface area contributed by atoms with Gasteiger partial charge in [-0.2, -0.15) is 6.08 Å². The van der Waals surface area contributed by atoms with Crippen LogP contribution < -0.4 is 0 Å². The van der Waals surface area contributed by atoms with Crippen molar-refractivity contribution in [1.29, 1.82) is 0 Å². The van der Waals surface area contributed by atoms with Crippen molar-refractivity contribution in [3.8, 4) is 0 Å². The molecule has 0 saturated carbocycles. The molecule has 1 aliphatic rings. The molecule has 0 spiro atoms. The molecule has 0 aliphatic heterocycles. The summed E-state index contributed by atoms with van der Waals surface area (Å²) in [5.74, 6) is 0. The van der Waals surface area contributed by atoms with Crippen LogP contribution in [-0.4, -0.2) is 10.4 Å². The van der Waals surface area contributed by atoms with Crippen LogP contribution in [0.2, 0.25) is 0 Å². The molecule has 0 saturated heterocycles. The number of hydrogen-bond donors (Lipinski definition) is 0. The van der Waals surface area contributed by atoms with E-state index in [2.05, 4.69) is 17.0 Å². The van der Waals surface area contributed by atoms with Gasteiger partial charge in [0.1, 0.15) is 0 Å². The van der Waals surface area contributed by atoms with Gasteiger partial charge in [-0.3, -0.25) is 6.08 Å². The molecule has 1 N–H and O–H groups in total. The van der Waals surface area contributed by atoms with E-state index in [0.717, 1.165) is 6.42 Å². The molecule has 0 radical (unpaired) electrons. The third-order valence-corrected chi connectivity index (χ3v) is 0.586. The third kappa shape index (κ3) is 54.0. The van der Waals surface area contributed by atoms with Gasteiger partial charge in [0.2, 0.25) is 0 Å². The van der Waals surface area contributed by atoms with Crippen molar-refractivity contribution in [1.82, 2.24) is 0 Å². The Labute approximate surface area is 112 Å². The molecule has 82 valence electrons. The van der Waals surface area contributed by atoms with E-state index in [4.69, 9.17) is 5.73 Å². The minimum absolute atomic E-state index is 0. The zero-order valence-electron chi connectivity index (χ0n) is 8.96. The Morgan fingerprint density at radius 3 is 1.71 bits per heavy atom. The van der Waals surface area contributed by atoms with Gasteiger partial charge in [0.15, 0.2) is 0 Å². The fraction of sp³-hybridized carbons (Fsp3) is 0.500. The van der Waals surface area contributed by atoms with Gasteiger partial charge in [-0.1, -0.05) is 20.8 Å².